The van der Waals surface area contributed by atoms with Gasteiger partial charge in [-0.2, -0.15) is 0 Å². The van der Waals surface area contributed by atoms with E-state index in [0.29, 0.717) is 17.6 Å². The predicted octanol–water partition coefficient (Wildman–Crippen LogP) is 2.75. The molecule has 0 spiro atoms. The number of ether oxygens (including phenoxy) is 1. The Morgan fingerprint density at radius 2 is 2.04 bits per heavy atom. The lowest BCUT2D eigenvalue weighted by Gasteiger charge is -2.39. The number of hydrogen-bond acceptors (Lipinski definition) is 6. The molecule has 1 aliphatic carbocycles. The van der Waals surface area contributed by atoms with Crippen molar-refractivity contribution in [1.29, 1.82) is 0 Å². The molecule has 134 valence electrons. The number of carbonyl (C=O) groups excluding carboxylic acids is 1. The number of aromatic hydroxyl groups is 1. The third-order valence-electron chi connectivity index (χ3n) is 5.70. The van der Waals surface area contributed by atoms with Crippen molar-refractivity contribution in [3.63, 3.8) is 0 Å². The number of phenols is 1. The third-order valence-corrected chi connectivity index (χ3v) is 6.75. The van der Waals surface area contributed by atoms with Crippen molar-refractivity contribution >= 4 is 23.4 Å². The Morgan fingerprint density at radius 3 is 2.72 bits per heavy atom. The smallest absolute Gasteiger partial charge is 0.309 e. The van der Waals surface area contributed by atoms with E-state index < -0.39 is 0 Å². The van der Waals surface area contributed by atoms with Gasteiger partial charge in [-0.15, -0.1) is 0 Å². The van der Waals surface area contributed by atoms with Gasteiger partial charge in [-0.3, -0.25) is 9.69 Å². The zero-order valence-electron chi connectivity index (χ0n) is 14.6. The van der Waals surface area contributed by atoms with Gasteiger partial charge in [-0.25, -0.2) is 0 Å². The summed E-state index contributed by atoms with van der Waals surface area (Å²) in [6.45, 7) is 3.86. The molecular weight excluding hydrogens is 336 g/mol. The number of carbonyl (C=O) groups is 1. The highest BCUT2D eigenvalue weighted by molar-refractivity contribution is 8.03. The molecule has 0 amide bonds. The molecule has 2 aliphatic heterocycles. The number of likely N-dealkylation sites (tertiary alicyclic amines) is 1. The van der Waals surface area contributed by atoms with E-state index in [9.17, 15) is 9.90 Å². The molecule has 2 fully saturated rings. The lowest BCUT2D eigenvalue weighted by molar-refractivity contribution is -0.150. The van der Waals surface area contributed by atoms with E-state index in [0.717, 1.165) is 42.8 Å². The first-order valence-electron chi connectivity index (χ1n) is 8.81. The number of rotatable bonds is 3. The average molecular weight is 360 g/mol. The second kappa shape index (κ2) is 6.57. The highest BCUT2D eigenvalue weighted by atomic mass is 32.2. The molecule has 1 saturated carbocycles. The lowest BCUT2D eigenvalue weighted by atomic mass is 9.85. The summed E-state index contributed by atoms with van der Waals surface area (Å²) in [5.74, 6) is 1.12. The van der Waals surface area contributed by atoms with Crippen molar-refractivity contribution in [3.05, 3.63) is 34.7 Å². The van der Waals surface area contributed by atoms with Gasteiger partial charge in [0.05, 0.1) is 18.7 Å². The van der Waals surface area contributed by atoms with Crippen molar-refractivity contribution in [1.82, 2.24) is 10.2 Å². The number of benzene rings is 1. The van der Waals surface area contributed by atoms with Crippen LogP contribution in [0.25, 0.3) is 5.70 Å². The Kier molecular flexibility index (Phi) is 4.41. The van der Waals surface area contributed by atoms with Gasteiger partial charge < -0.3 is 15.2 Å². The number of phenolic OH excluding ortho intramolecular Hbond substituents is 1. The fourth-order valence-corrected chi connectivity index (χ4v) is 5.49. The van der Waals surface area contributed by atoms with Crippen LogP contribution >= 0.6 is 11.8 Å². The summed E-state index contributed by atoms with van der Waals surface area (Å²) in [7, 11) is 1.49. The minimum Gasteiger partial charge on any atom is -0.507 e. The Hall–Kier alpha value is -1.66. The first-order valence-corrected chi connectivity index (χ1v) is 9.75. The van der Waals surface area contributed by atoms with Crippen molar-refractivity contribution < 1.29 is 14.6 Å². The molecular formula is C19H24N2O3S. The maximum absolute atomic E-state index is 12.1. The Balaban J connectivity index is 1.44. The maximum Gasteiger partial charge on any atom is 0.309 e. The molecule has 1 aromatic rings. The summed E-state index contributed by atoms with van der Waals surface area (Å²) in [5.41, 5.74) is 3.11. The van der Waals surface area contributed by atoms with Gasteiger partial charge >= 0.3 is 5.97 Å². The summed E-state index contributed by atoms with van der Waals surface area (Å²) in [5, 5.41) is 15.8. The summed E-state index contributed by atoms with van der Waals surface area (Å²) in [6.07, 6.45) is 2.22. The number of esters is 1. The fraction of sp³-hybridized carbons (Fsp3) is 0.526. The van der Waals surface area contributed by atoms with Gasteiger partial charge in [0.1, 0.15) is 11.2 Å². The molecule has 6 heteroatoms. The van der Waals surface area contributed by atoms with E-state index in [1.165, 1.54) is 7.11 Å². The minimum atomic E-state index is -0.0392. The lowest BCUT2D eigenvalue weighted by Crippen LogP contribution is -2.51. The Labute approximate surface area is 152 Å². The Morgan fingerprint density at radius 1 is 1.32 bits per heavy atom. The third kappa shape index (κ3) is 3.02. The van der Waals surface area contributed by atoms with Crippen LogP contribution in [0.15, 0.2) is 23.6 Å². The minimum absolute atomic E-state index is 0.0392. The largest absolute Gasteiger partial charge is 0.507 e. The molecule has 1 aromatic carbocycles. The molecule has 2 heterocycles. The van der Waals surface area contributed by atoms with Crippen LogP contribution in [0, 0.1) is 24.7 Å². The zero-order valence-corrected chi connectivity index (χ0v) is 15.4. The summed E-state index contributed by atoms with van der Waals surface area (Å²) in [4.78, 5) is 14.5. The van der Waals surface area contributed by atoms with E-state index >= 15 is 0 Å². The topological polar surface area (TPSA) is 61.8 Å². The SMILES string of the molecule is COC(=O)C1C2CCC1CN(C1NC(c3cc(C)ccc3O)=CS1)C2. The Bertz CT molecular complexity index is 707. The first kappa shape index (κ1) is 16.8. The van der Waals surface area contributed by atoms with E-state index in [4.69, 9.17) is 4.74 Å². The van der Waals surface area contributed by atoms with Crippen molar-refractivity contribution in [2.75, 3.05) is 20.2 Å². The van der Waals surface area contributed by atoms with Crippen LogP contribution in [-0.4, -0.2) is 41.7 Å². The van der Waals surface area contributed by atoms with Crippen LogP contribution in [0.1, 0.15) is 24.0 Å². The van der Waals surface area contributed by atoms with Crippen molar-refractivity contribution in [2.24, 2.45) is 17.8 Å². The maximum atomic E-state index is 12.1. The van der Waals surface area contributed by atoms with E-state index in [2.05, 4.69) is 15.6 Å². The second-order valence-electron chi connectivity index (χ2n) is 7.29. The summed E-state index contributed by atoms with van der Waals surface area (Å²) >= 11 is 1.74. The van der Waals surface area contributed by atoms with Gasteiger partial charge in [0.25, 0.3) is 0 Å². The van der Waals surface area contributed by atoms with E-state index in [-0.39, 0.29) is 17.4 Å². The van der Waals surface area contributed by atoms with Gasteiger partial charge in [-0.1, -0.05) is 23.4 Å². The first-order chi connectivity index (χ1) is 12.1. The number of aryl methyl sites for hydroxylation is 1. The van der Waals surface area contributed by atoms with Crippen LogP contribution in [0.3, 0.4) is 0 Å². The monoisotopic (exact) mass is 360 g/mol. The molecule has 25 heavy (non-hydrogen) atoms. The summed E-state index contributed by atoms with van der Waals surface area (Å²) in [6, 6.07) is 5.66. The number of fused-ring (bicyclic) bond motifs is 2. The molecule has 4 rings (SSSR count). The van der Waals surface area contributed by atoms with Gasteiger partial charge in [0, 0.05) is 18.7 Å². The number of nitrogens with one attached hydrogen (secondary N) is 1. The number of nitrogens with zero attached hydrogens (tertiary/aromatic N) is 1. The van der Waals surface area contributed by atoms with Crippen molar-refractivity contribution in [2.45, 2.75) is 25.3 Å². The number of thioether (sulfide) groups is 1. The normalized spacial score (nSPS) is 31.5. The molecule has 1 saturated heterocycles. The molecule has 3 unspecified atom stereocenters. The average Bonchev–Trinajstić information content (AvgIpc) is 3.19. The standard InChI is InChI=1S/C19H24N2O3S/c1-11-3-6-16(22)14(7-11)15-10-25-19(20-15)21-8-12-4-5-13(9-21)17(12)18(23)24-2/h3,6-7,10,12-13,17,19-20,22H,4-5,8-9H2,1-2H3. The molecule has 5 nitrogen and oxygen atoms in total. The van der Waals surface area contributed by atoms with Crippen LogP contribution in [0.5, 0.6) is 5.75 Å². The van der Waals surface area contributed by atoms with E-state index in [1.807, 2.05) is 19.1 Å². The fourth-order valence-electron chi connectivity index (χ4n) is 4.49. The highest BCUT2D eigenvalue weighted by Crippen LogP contribution is 2.45. The van der Waals surface area contributed by atoms with Crippen LogP contribution < -0.4 is 5.32 Å². The molecule has 3 atom stereocenters. The number of hydrogen-bond donors (Lipinski definition) is 2. The van der Waals surface area contributed by atoms with Gasteiger partial charge in [0.15, 0.2) is 0 Å². The van der Waals surface area contributed by atoms with E-state index in [1.54, 1.807) is 17.8 Å². The predicted molar refractivity (Wildman–Crippen MR) is 98.6 cm³/mol. The van der Waals surface area contributed by atoms with Crippen LogP contribution in [-0.2, 0) is 9.53 Å². The molecule has 3 aliphatic rings. The quantitative estimate of drug-likeness (QED) is 0.809. The highest BCUT2D eigenvalue weighted by Gasteiger charge is 2.48. The zero-order chi connectivity index (χ0) is 17.6. The summed E-state index contributed by atoms with van der Waals surface area (Å²) < 4.78 is 5.01. The van der Waals surface area contributed by atoms with Crippen LogP contribution in [0.2, 0.25) is 0 Å². The number of piperidine rings is 1. The molecule has 2 bridgehead atoms. The van der Waals surface area contributed by atoms with Gasteiger partial charge in [-0.05, 0) is 49.1 Å². The molecule has 2 N–H and O–H groups in total. The van der Waals surface area contributed by atoms with Crippen molar-refractivity contribution in [3.8, 4) is 5.75 Å². The van der Waals surface area contributed by atoms with Crippen LogP contribution in [0.4, 0.5) is 0 Å². The molecule has 0 radical (unpaired) electrons. The second-order valence-corrected chi connectivity index (χ2v) is 8.24. The number of methoxy groups -OCH3 is 1. The molecule has 0 aromatic heterocycles. The van der Waals surface area contributed by atoms with Gasteiger partial charge in [0.2, 0.25) is 0 Å².